The van der Waals surface area contributed by atoms with Gasteiger partial charge in [-0.05, 0) is 41.4 Å². The molecule has 1 aromatic heterocycles. The van der Waals surface area contributed by atoms with E-state index in [0.717, 1.165) is 0 Å². The zero-order chi connectivity index (χ0) is 25.8. The summed E-state index contributed by atoms with van der Waals surface area (Å²) < 4.78 is 33.5. The lowest BCUT2D eigenvalue weighted by Gasteiger charge is -2.31. The van der Waals surface area contributed by atoms with Crippen LogP contribution in [0, 0.1) is 5.82 Å². The van der Waals surface area contributed by atoms with Gasteiger partial charge in [0, 0.05) is 25.4 Å². The van der Waals surface area contributed by atoms with Gasteiger partial charge in [-0.15, -0.1) is 0 Å². The number of aromatic nitrogens is 1. The summed E-state index contributed by atoms with van der Waals surface area (Å²) in [6.07, 6.45) is 0. The summed E-state index contributed by atoms with van der Waals surface area (Å²) in [6, 6.07) is 8.57. The number of amides is 3. The molecule has 3 aromatic rings. The molecule has 36 heavy (non-hydrogen) atoms. The first-order valence-electron chi connectivity index (χ1n) is 10.6. The molecule has 0 fully saturated rings. The molecule has 188 valence electrons. The second-order valence-electron chi connectivity index (χ2n) is 7.59. The van der Waals surface area contributed by atoms with Crippen molar-refractivity contribution in [2.45, 2.75) is 6.04 Å². The van der Waals surface area contributed by atoms with Crippen LogP contribution < -0.4 is 31.2 Å². The molecule has 2 aromatic carbocycles. The molecule has 0 unspecified atom stereocenters. The molecule has 1 aliphatic rings. The number of anilines is 2. The predicted octanol–water partition coefficient (Wildman–Crippen LogP) is 1.84. The average molecular weight is 516 g/mol. The number of carbonyl (C=O) groups excluding carboxylic acids is 3. The Kier molecular flexibility index (Phi) is 7.31. The maximum absolute atomic E-state index is 13.9. The lowest BCUT2D eigenvalue weighted by atomic mass is 10.0. The molecule has 3 amide bonds. The lowest BCUT2D eigenvalue weighted by molar-refractivity contribution is -0.122. The number of nitrogen functional groups attached to an aromatic ring is 1. The molecular weight excluding hydrogens is 493 g/mol. The van der Waals surface area contributed by atoms with Crippen LogP contribution in [0.5, 0.6) is 11.5 Å². The Morgan fingerprint density at radius 1 is 1.19 bits per heavy atom. The van der Waals surface area contributed by atoms with Crippen molar-refractivity contribution in [3.63, 3.8) is 0 Å². The summed E-state index contributed by atoms with van der Waals surface area (Å²) in [5, 5.41) is 2.72. The van der Waals surface area contributed by atoms with Crippen LogP contribution in [0.25, 0.3) is 0 Å². The number of carbonyl (C=O) groups is 3. The van der Waals surface area contributed by atoms with E-state index >= 15 is 0 Å². The van der Waals surface area contributed by atoms with Gasteiger partial charge in [0.05, 0.1) is 12.3 Å². The van der Waals surface area contributed by atoms with Crippen molar-refractivity contribution >= 4 is 40.6 Å². The van der Waals surface area contributed by atoms with Gasteiger partial charge in [0.15, 0.2) is 17.2 Å². The SMILES string of the molecule is COCCNC(=O)[C@@H](c1ccc(F)cc1)N(C(=O)c1snc(C(N)=O)c1N)c1ccc2c(c1)OCO2. The van der Waals surface area contributed by atoms with Gasteiger partial charge in [-0.2, -0.15) is 4.37 Å². The van der Waals surface area contributed by atoms with Crippen LogP contribution in [0.1, 0.15) is 31.8 Å². The molecule has 2 heterocycles. The number of hydrogen-bond donors (Lipinski definition) is 3. The maximum Gasteiger partial charge on any atom is 0.273 e. The standard InChI is InChI=1S/C23H22FN5O6S/c1-33-9-8-27-22(31)19(12-2-4-13(24)5-3-12)29(14-6-7-15-16(10-14)35-11-34-15)23(32)20-17(25)18(21(26)30)28-36-20/h2-7,10,19H,8-9,11,25H2,1H3,(H2,26,30)(H,27,31)/t19-/m1/s1. The second-order valence-corrected chi connectivity index (χ2v) is 8.36. The van der Waals surface area contributed by atoms with Crippen LogP contribution in [0.3, 0.4) is 0 Å². The quantitative estimate of drug-likeness (QED) is 0.364. The van der Waals surface area contributed by atoms with Crippen molar-refractivity contribution < 1.29 is 33.0 Å². The molecule has 0 spiro atoms. The first-order chi connectivity index (χ1) is 17.3. The molecule has 0 saturated heterocycles. The van der Waals surface area contributed by atoms with Crippen LogP contribution in [0.2, 0.25) is 0 Å². The largest absolute Gasteiger partial charge is 0.454 e. The highest BCUT2D eigenvalue weighted by atomic mass is 32.1. The number of methoxy groups -OCH3 is 1. The molecule has 0 bridgehead atoms. The van der Waals surface area contributed by atoms with Gasteiger partial charge in [0.25, 0.3) is 11.8 Å². The number of nitrogens with zero attached hydrogens (tertiary/aromatic N) is 2. The van der Waals surface area contributed by atoms with E-state index in [1.54, 1.807) is 12.1 Å². The number of primary amides is 1. The van der Waals surface area contributed by atoms with Gasteiger partial charge < -0.3 is 31.0 Å². The van der Waals surface area contributed by atoms with Crippen molar-refractivity contribution in [1.29, 1.82) is 0 Å². The van der Waals surface area contributed by atoms with Crippen molar-refractivity contribution in [3.8, 4) is 11.5 Å². The number of nitrogens with two attached hydrogens (primary N) is 2. The molecule has 11 nitrogen and oxygen atoms in total. The molecular formula is C23H22FN5O6S. The van der Waals surface area contributed by atoms with Crippen molar-refractivity contribution in [2.75, 3.05) is 37.7 Å². The zero-order valence-electron chi connectivity index (χ0n) is 19.0. The Hall–Kier alpha value is -4.23. The first-order valence-corrected chi connectivity index (χ1v) is 11.4. The average Bonchev–Trinajstić information content (AvgIpc) is 3.49. The van der Waals surface area contributed by atoms with Gasteiger partial charge >= 0.3 is 0 Å². The fourth-order valence-electron chi connectivity index (χ4n) is 3.59. The molecule has 0 aliphatic carbocycles. The fourth-order valence-corrected chi connectivity index (χ4v) is 4.34. The number of nitrogens with one attached hydrogen (secondary N) is 1. The number of ether oxygens (including phenoxy) is 3. The minimum atomic E-state index is -1.27. The van der Waals surface area contributed by atoms with E-state index in [-0.39, 0.29) is 41.9 Å². The number of rotatable bonds is 9. The molecule has 4 rings (SSSR count). The Bertz CT molecular complexity index is 1300. The van der Waals surface area contributed by atoms with Crippen molar-refractivity contribution in [2.24, 2.45) is 5.73 Å². The number of hydrogen-bond acceptors (Lipinski definition) is 9. The molecule has 1 atom stereocenters. The van der Waals surface area contributed by atoms with Crippen LogP contribution >= 0.6 is 11.5 Å². The monoisotopic (exact) mass is 515 g/mol. The summed E-state index contributed by atoms with van der Waals surface area (Å²) in [4.78, 5) is 40.2. The van der Waals surface area contributed by atoms with E-state index in [2.05, 4.69) is 9.69 Å². The Labute approximate surface area is 208 Å². The van der Waals surface area contributed by atoms with Gasteiger partial charge in [-0.25, -0.2) is 4.39 Å². The third-order valence-electron chi connectivity index (χ3n) is 5.31. The highest BCUT2D eigenvalue weighted by Crippen LogP contribution is 2.39. The smallest absolute Gasteiger partial charge is 0.273 e. The van der Waals surface area contributed by atoms with E-state index in [1.807, 2.05) is 0 Å². The highest BCUT2D eigenvalue weighted by molar-refractivity contribution is 7.09. The normalized spacial score (nSPS) is 12.7. The van der Waals surface area contributed by atoms with Crippen molar-refractivity contribution in [1.82, 2.24) is 9.69 Å². The number of fused-ring (bicyclic) bond motifs is 1. The van der Waals surface area contributed by atoms with E-state index in [9.17, 15) is 18.8 Å². The third-order valence-corrected chi connectivity index (χ3v) is 6.16. The summed E-state index contributed by atoms with van der Waals surface area (Å²) in [5.74, 6) is -1.89. The Morgan fingerprint density at radius 3 is 2.58 bits per heavy atom. The molecule has 13 heteroatoms. The number of benzene rings is 2. The maximum atomic E-state index is 13.9. The van der Waals surface area contributed by atoms with E-state index in [4.69, 9.17) is 25.7 Å². The van der Waals surface area contributed by atoms with Crippen LogP contribution in [0.15, 0.2) is 42.5 Å². The van der Waals surface area contributed by atoms with Gasteiger partial charge in [-0.1, -0.05) is 12.1 Å². The van der Waals surface area contributed by atoms with E-state index < -0.39 is 29.6 Å². The molecule has 0 radical (unpaired) electrons. The minimum Gasteiger partial charge on any atom is -0.454 e. The Balaban J connectivity index is 1.86. The summed E-state index contributed by atoms with van der Waals surface area (Å²) >= 11 is 0.675. The van der Waals surface area contributed by atoms with Crippen molar-refractivity contribution in [3.05, 3.63) is 64.4 Å². The molecule has 1 aliphatic heterocycles. The predicted molar refractivity (Wildman–Crippen MR) is 128 cm³/mol. The number of halogens is 1. The summed E-state index contributed by atoms with van der Waals surface area (Å²) in [7, 11) is 1.48. The molecule has 5 N–H and O–H groups in total. The van der Waals surface area contributed by atoms with Crippen LogP contribution in [-0.2, 0) is 9.53 Å². The van der Waals surface area contributed by atoms with Gasteiger partial charge in [-0.3, -0.25) is 19.3 Å². The van der Waals surface area contributed by atoms with Crippen LogP contribution in [0.4, 0.5) is 15.8 Å². The lowest BCUT2D eigenvalue weighted by Crippen LogP contribution is -2.44. The van der Waals surface area contributed by atoms with Gasteiger partial charge in [0.1, 0.15) is 16.7 Å². The van der Waals surface area contributed by atoms with E-state index in [1.165, 1.54) is 42.3 Å². The second kappa shape index (κ2) is 10.6. The summed E-state index contributed by atoms with van der Waals surface area (Å²) in [5.41, 5.74) is 11.5. The fraction of sp³-hybridized carbons (Fsp3) is 0.217. The Morgan fingerprint density at radius 2 is 1.92 bits per heavy atom. The first kappa shape index (κ1) is 24.9. The highest BCUT2D eigenvalue weighted by Gasteiger charge is 2.36. The molecule has 0 saturated carbocycles. The minimum absolute atomic E-state index is 0.00457. The van der Waals surface area contributed by atoms with Crippen LogP contribution in [-0.4, -0.2) is 49.1 Å². The summed E-state index contributed by atoms with van der Waals surface area (Å²) in [6.45, 7) is 0.379. The topological polar surface area (TPSA) is 159 Å². The zero-order valence-corrected chi connectivity index (χ0v) is 19.8. The third kappa shape index (κ3) is 4.92. The van der Waals surface area contributed by atoms with Gasteiger partial charge in [0.2, 0.25) is 12.7 Å². The van der Waals surface area contributed by atoms with E-state index in [0.29, 0.717) is 28.6 Å².